The highest BCUT2D eigenvalue weighted by Crippen LogP contribution is 1.93. The molecule has 23 heavy (non-hydrogen) atoms. The first-order valence-corrected chi connectivity index (χ1v) is 7.26. The average molecular weight is 356 g/mol. The van der Waals surface area contributed by atoms with Gasteiger partial charge in [0.05, 0.1) is 0 Å². The van der Waals surface area contributed by atoms with Crippen molar-refractivity contribution in [1.82, 2.24) is 0 Å². The van der Waals surface area contributed by atoms with Gasteiger partial charge in [-0.25, -0.2) is 9.59 Å². The standard InChI is InChI=1S/2C6H12NO2.H2O4S/c2*1-5-6(8)9-7(2,3)4;1-5(2,3)4/h2*5H,1H2,2-4H3;(H2,1,2,3,4)/q2*+1;/p-2. The zero-order valence-electron chi connectivity index (χ0n) is 14.1. The molecule has 0 rings (SSSR count). The molecule has 11 heteroatoms. The topological polar surface area (TPSA) is 133 Å². The van der Waals surface area contributed by atoms with E-state index >= 15 is 0 Å². The van der Waals surface area contributed by atoms with Crippen LogP contribution in [0.3, 0.4) is 0 Å². The summed E-state index contributed by atoms with van der Waals surface area (Å²) in [5.74, 6) is -0.801. The molecule has 0 heterocycles. The lowest BCUT2D eigenvalue weighted by Crippen LogP contribution is -2.36. The van der Waals surface area contributed by atoms with Crippen molar-refractivity contribution in [2.45, 2.75) is 0 Å². The third kappa shape index (κ3) is 45.0. The van der Waals surface area contributed by atoms with E-state index in [0.717, 1.165) is 12.2 Å². The molecule has 0 saturated carbocycles. The minimum absolute atomic E-state index is 0.171. The van der Waals surface area contributed by atoms with Gasteiger partial charge in [0.25, 0.3) is 0 Å². The molecule has 0 unspecified atom stereocenters. The number of rotatable bonds is 4. The molecule has 0 N–H and O–H groups in total. The lowest BCUT2D eigenvalue weighted by atomic mass is 10.7. The van der Waals surface area contributed by atoms with E-state index in [0.29, 0.717) is 0 Å². The molecule has 0 aromatic heterocycles. The van der Waals surface area contributed by atoms with Gasteiger partial charge in [-0.2, -0.15) is 0 Å². The molecule has 0 aliphatic rings. The second-order valence-electron chi connectivity index (χ2n) is 5.42. The molecule has 0 aliphatic heterocycles. The highest BCUT2D eigenvalue weighted by molar-refractivity contribution is 7.79. The summed E-state index contributed by atoms with van der Waals surface area (Å²) in [6.07, 6.45) is 2.28. The molecule has 0 aromatic rings. The summed E-state index contributed by atoms with van der Waals surface area (Å²) in [6, 6.07) is 0. The van der Waals surface area contributed by atoms with E-state index in [-0.39, 0.29) is 9.29 Å². The Balaban J connectivity index is -0.000000273. The van der Waals surface area contributed by atoms with Crippen LogP contribution in [0, 0.1) is 0 Å². The van der Waals surface area contributed by atoms with Crippen LogP contribution in [0.15, 0.2) is 25.3 Å². The summed E-state index contributed by atoms with van der Waals surface area (Å²) in [6.45, 7) is 6.52. The van der Waals surface area contributed by atoms with E-state index in [1.807, 2.05) is 0 Å². The van der Waals surface area contributed by atoms with Crippen LogP contribution >= 0.6 is 0 Å². The molecule has 0 aromatic carbocycles. The van der Waals surface area contributed by atoms with E-state index in [1.165, 1.54) is 0 Å². The summed E-state index contributed by atoms with van der Waals surface area (Å²) >= 11 is 0. The Hall–Kier alpha value is -1.79. The fourth-order valence-corrected chi connectivity index (χ4v) is 0.614. The number of hydroxylamine groups is 6. The van der Waals surface area contributed by atoms with Crippen molar-refractivity contribution in [2.75, 3.05) is 42.3 Å². The number of carbonyl (C=O) groups is 2. The Labute approximate surface area is 136 Å². The van der Waals surface area contributed by atoms with Crippen molar-refractivity contribution in [2.24, 2.45) is 0 Å². The highest BCUT2D eigenvalue weighted by atomic mass is 32.3. The maximum atomic E-state index is 10.5. The maximum absolute atomic E-state index is 10.5. The summed E-state index contributed by atoms with van der Waals surface area (Å²) in [5, 5.41) is 0. The molecule has 0 fully saturated rings. The van der Waals surface area contributed by atoms with Crippen LogP contribution in [-0.4, -0.2) is 81.0 Å². The van der Waals surface area contributed by atoms with Gasteiger partial charge in [0.15, 0.2) is 0 Å². The van der Waals surface area contributed by atoms with Crippen LogP contribution in [0.25, 0.3) is 0 Å². The molecular weight excluding hydrogens is 332 g/mol. The number of quaternary nitrogens is 2. The van der Waals surface area contributed by atoms with Crippen molar-refractivity contribution in [1.29, 1.82) is 0 Å². The van der Waals surface area contributed by atoms with Crippen LogP contribution < -0.4 is 0 Å². The Morgan fingerprint density at radius 2 is 1.00 bits per heavy atom. The van der Waals surface area contributed by atoms with Crippen LogP contribution in [0.5, 0.6) is 0 Å². The molecule has 0 bridgehead atoms. The van der Waals surface area contributed by atoms with Crippen LogP contribution in [-0.2, 0) is 29.7 Å². The van der Waals surface area contributed by atoms with Crippen molar-refractivity contribution in [3.63, 3.8) is 0 Å². The predicted molar refractivity (Wildman–Crippen MR) is 79.1 cm³/mol. The minimum Gasteiger partial charge on any atom is -0.759 e. The molecule has 0 atom stereocenters. The van der Waals surface area contributed by atoms with E-state index in [4.69, 9.17) is 27.2 Å². The van der Waals surface area contributed by atoms with E-state index in [9.17, 15) is 9.59 Å². The lowest BCUT2D eigenvalue weighted by molar-refractivity contribution is -1.04. The second-order valence-corrected chi connectivity index (χ2v) is 6.23. The Morgan fingerprint density at radius 1 is 0.826 bits per heavy atom. The van der Waals surface area contributed by atoms with E-state index < -0.39 is 22.3 Å². The van der Waals surface area contributed by atoms with Gasteiger partial charge in [-0.3, -0.25) is 18.1 Å². The molecule has 136 valence electrons. The second kappa shape index (κ2) is 10.9. The first-order valence-electron chi connectivity index (χ1n) is 5.93. The first-order chi connectivity index (χ1) is 9.91. The normalized spacial score (nSPS) is 10.8. The van der Waals surface area contributed by atoms with Crippen molar-refractivity contribution < 1.29 is 46.1 Å². The minimum atomic E-state index is -5.17. The smallest absolute Gasteiger partial charge is 0.389 e. The fourth-order valence-electron chi connectivity index (χ4n) is 0.614. The Morgan fingerprint density at radius 3 is 1.04 bits per heavy atom. The van der Waals surface area contributed by atoms with Crippen LogP contribution in [0.2, 0.25) is 0 Å². The van der Waals surface area contributed by atoms with Crippen LogP contribution in [0.1, 0.15) is 0 Å². The molecule has 0 amide bonds. The Bertz CT molecular complexity index is 460. The highest BCUT2D eigenvalue weighted by Gasteiger charge is 2.12. The summed E-state index contributed by atoms with van der Waals surface area (Å²) in [5.41, 5.74) is 0. The molecular formula is C12H24N2O8S. The number of carbonyl (C=O) groups excluding carboxylic acids is 2. The number of hydrogen-bond donors (Lipinski definition) is 0. The van der Waals surface area contributed by atoms with Crippen molar-refractivity contribution in [3.05, 3.63) is 25.3 Å². The summed E-state index contributed by atoms with van der Waals surface area (Å²) in [7, 11) is 5.34. The SMILES string of the molecule is C=CC(=O)O[N+](C)(C)C.C=CC(=O)O[N+](C)(C)C.O=S(=O)([O-])[O-]. The molecule has 10 nitrogen and oxygen atoms in total. The van der Waals surface area contributed by atoms with Gasteiger partial charge in [0.1, 0.15) is 42.3 Å². The molecule has 0 spiro atoms. The van der Waals surface area contributed by atoms with Gasteiger partial charge in [0, 0.05) is 22.6 Å². The van der Waals surface area contributed by atoms with Gasteiger partial charge in [-0.05, 0) is 0 Å². The first kappa shape index (κ1) is 26.1. The molecule has 0 saturated heterocycles. The third-order valence-corrected chi connectivity index (χ3v) is 1.06. The van der Waals surface area contributed by atoms with E-state index in [1.54, 1.807) is 42.3 Å². The summed E-state index contributed by atoms with van der Waals surface area (Å²) < 4.78 is 34.4. The average Bonchev–Trinajstić information content (AvgIpc) is 2.22. The lowest BCUT2D eigenvalue weighted by Gasteiger charge is -2.18. The number of nitrogens with zero attached hydrogens (tertiary/aromatic N) is 2. The maximum Gasteiger partial charge on any atom is 0.389 e. The molecule has 0 radical (unpaired) electrons. The van der Waals surface area contributed by atoms with E-state index in [2.05, 4.69) is 13.2 Å². The van der Waals surface area contributed by atoms with Crippen molar-refractivity contribution >= 4 is 22.3 Å². The summed E-state index contributed by atoms with van der Waals surface area (Å²) in [4.78, 5) is 30.5. The predicted octanol–water partition coefficient (Wildman–Crippen LogP) is -0.664. The van der Waals surface area contributed by atoms with Gasteiger partial charge in [-0.15, -0.1) is 9.29 Å². The van der Waals surface area contributed by atoms with Crippen LogP contribution in [0.4, 0.5) is 0 Å². The third-order valence-electron chi connectivity index (χ3n) is 1.06. The van der Waals surface area contributed by atoms with Gasteiger partial charge in [0.2, 0.25) is 0 Å². The quantitative estimate of drug-likeness (QED) is 0.213. The van der Waals surface area contributed by atoms with Gasteiger partial charge >= 0.3 is 11.9 Å². The fraction of sp³-hybridized carbons (Fsp3) is 0.500. The Kier molecular flexibility index (Phi) is 12.3. The zero-order chi connectivity index (χ0) is 19.5. The van der Waals surface area contributed by atoms with Gasteiger partial charge in [-0.1, -0.05) is 13.2 Å². The monoisotopic (exact) mass is 356 g/mol. The van der Waals surface area contributed by atoms with Crippen molar-refractivity contribution in [3.8, 4) is 0 Å². The zero-order valence-corrected chi connectivity index (χ0v) is 15.0. The van der Waals surface area contributed by atoms with Gasteiger partial charge < -0.3 is 9.11 Å². The largest absolute Gasteiger partial charge is 0.759 e. The number of hydrogen-bond acceptors (Lipinski definition) is 8. The molecule has 0 aliphatic carbocycles.